The third-order valence-corrected chi connectivity index (χ3v) is 4.27. The largest absolute Gasteiger partial charge is 0.496 e. The molecule has 17 heavy (non-hydrogen) atoms. The molecule has 1 heterocycles. The van der Waals surface area contributed by atoms with E-state index in [4.69, 9.17) is 4.74 Å². The van der Waals surface area contributed by atoms with Crippen molar-refractivity contribution in [1.82, 2.24) is 4.90 Å². The highest BCUT2D eigenvalue weighted by Crippen LogP contribution is 2.39. The van der Waals surface area contributed by atoms with Crippen molar-refractivity contribution in [3.8, 4) is 5.75 Å². The zero-order chi connectivity index (χ0) is 11.5. The Morgan fingerprint density at radius 1 is 1.41 bits per heavy atom. The number of rotatable bonds is 3. The summed E-state index contributed by atoms with van der Waals surface area (Å²) in [6.45, 7) is 1.17. The lowest BCUT2D eigenvalue weighted by Gasteiger charge is -2.27. The van der Waals surface area contributed by atoms with E-state index in [9.17, 15) is 0 Å². The number of hydrogen-bond acceptors (Lipinski definition) is 3. The number of fused-ring (bicyclic) bond motifs is 1. The number of ether oxygens (including phenoxy) is 1. The molecule has 1 aliphatic heterocycles. The molecule has 4 heteroatoms. The molecule has 1 aromatic carbocycles. The molecule has 0 saturated heterocycles. The van der Waals surface area contributed by atoms with Gasteiger partial charge in [-0.2, -0.15) is 0 Å². The van der Waals surface area contributed by atoms with E-state index in [1.165, 1.54) is 29.2 Å². The fraction of sp³-hybridized carbons (Fsp3) is 0.538. The van der Waals surface area contributed by atoms with Gasteiger partial charge in [0, 0.05) is 12.3 Å². The third kappa shape index (κ3) is 3.54. The molecule has 0 aromatic heterocycles. The van der Waals surface area contributed by atoms with Crippen molar-refractivity contribution in [3.63, 3.8) is 0 Å². The van der Waals surface area contributed by atoms with Gasteiger partial charge in [-0.15, -0.1) is 24.2 Å². The van der Waals surface area contributed by atoms with E-state index in [-0.39, 0.29) is 12.4 Å². The topological polar surface area (TPSA) is 12.5 Å². The molecule has 1 atom stereocenters. The van der Waals surface area contributed by atoms with Gasteiger partial charge in [0.1, 0.15) is 5.75 Å². The van der Waals surface area contributed by atoms with Crippen LogP contribution in [0.1, 0.15) is 5.56 Å². The van der Waals surface area contributed by atoms with Gasteiger partial charge in [-0.25, -0.2) is 0 Å². The maximum Gasteiger partial charge on any atom is 0.132 e. The predicted molar refractivity (Wildman–Crippen MR) is 76.7 cm³/mol. The highest BCUT2D eigenvalue weighted by atomic mass is 35.5. The van der Waals surface area contributed by atoms with Crippen LogP contribution in [-0.2, 0) is 6.42 Å². The molecule has 0 N–H and O–H groups in total. The minimum absolute atomic E-state index is 0. The van der Waals surface area contributed by atoms with Crippen molar-refractivity contribution in [2.24, 2.45) is 5.92 Å². The van der Waals surface area contributed by atoms with Crippen molar-refractivity contribution in [2.45, 2.75) is 11.3 Å². The minimum Gasteiger partial charge on any atom is -0.496 e. The molecular weight excluding hydrogens is 254 g/mol. The van der Waals surface area contributed by atoms with Crippen molar-refractivity contribution in [1.29, 1.82) is 0 Å². The number of hydrogen-bond donors (Lipinski definition) is 0. The summed E-state index contributed by atoms with van der Waals surface area (Å²) in [5.74, 6) is 3.00. The Bertz CT molecular complexity index is 370. The molecule has 2 rings (SSSR count). The molecule has 1 aliphatic rings. The van der Waals surface area contributed by atoms with E-state index in [0.717, 1.165) is 11.7 Å². The Labute approximate surface area is 114 Å². The molecule has 0 saturated carbocycles. The summed E-state index contributed by atoms with van der Waals surface area (Å²) in [5, 5.41) is 0. The highest BCUT2D eigenvalue weighted by Gasteiger charge is 2.21. The molecular formula is C13H20ClNOS. The lowest BCUT2D eigenvalue weighted by Crippen LogP contribution is -2.27. The van der Waals surface area contributed by atoms with Crippen LogP contribution in [0.25, 0.3) is 0 Å². The van der Waals surface area contributed by atoms with Gasteiger partial charge >= 0.3 is 0 Å². The van der Waals surface area contributed by atoms with Crippen molar-refractivity contribution >= 4 is 24.2 Å². The maximum absolute atomic E-state index is 5.40. The van der Waals surface area contributed by atoms with Gasteiger partial charge in [0.05, 0.1) is 12.0 Å². The van der Waals surface area contributed by atoms with Gasteiger partial charge in [0.25, 0.3) is 0 Å². The van der Waals surface area contributed by atoms with E-state index >= 15 is 0 Å². The molecule has 0 spiro atoms. The fourth-order valence-electron chi connectivity index (χ4n) is 2.25. The van der Waals surface area contributed by atoms with Crippen LogP contribution in [0.4, 0.5) is 0 Å². The number of benzene rings is 1. The van der Waals surface area contributed by atoms with E-state index in [0.29, 0.717) is 0 Å². The molecule has 2 nitrogen and oxygen atoms in total. The molecule has 1 unspecified atom stereocenters. The maximum atomic E-state index is 5.40. The molecule has 0 aliphatic carbocycles. The standard InChI is InChI=1S/C13H19NOS.ClH/c1-14(2)8-10-7-11-5-4-6-12(15-3)13(11)16-9-10;/h4-6,10H,7-9H2,1-3H3;1H. The van der Waals surface area contributed by atoms with Crippen LogP contribution in [-0.4, -0.2) is 38.4 Å². The Balaban J connectivity index is 0.00000144. The second-order valence-corrected chi connectivity index (χ2v) is 5.62. The van der Waals surface area contributed by atoms with E-state index in [2.05, 4.69) is 37.2 Å². The van der Waals surface area contributed by atoms with E-state index < -0.39 is 0 Å². The summed E-state index contributed by atoms with van der Waals surface area (Å²) < 4.78 is 5.40. The highest BCUT2D eigenvalue weighted by molar-refractivity contribution is 7.99. The Morgan fingerprint density at radius 3 is 2.82 bits per heavy atom. The number of methoxy groups -OCH3 is 1. The molecule has 0 amide bonds. The first-order valence-electron chi connectivity index (χ1n) is 5.64. The average Bonchev–Trinajstić information content (AvgIpc) is 2.27. The molecule has 0 radical (unpaired) electrons. The first-order chi connectivity index (χ1) is 7.70. The second-order valence-electron chi connectivity index (χ2n) is 4.59. The van der Waals surface area contributed by atoms with Crippen LogP contribution in [0.5, 0.6) is 5.75 Å². The van der Waals surface area contributed by atoms with Gasteiger partial charge in [0.2, 0.25) is 0 Å². The summed E-state index contributed by atoms with van der Waals surface area (Å²) in [6.07, 6.45) is 1.18. The Morgan fingerprint density at radius 2 is 2.18 bits per heavy atom. The van der Waals surface area contributed by atoms with Crippen LogP contribution >= 0.6 is 24.2 Å². The fourth-order valence-corrected chi connectivity index (χ4v) is 3.51. The molecule has 0 bridgehead atoms. The van der Waals surface area contributed by atoms with Gasteiger partial charge < -0.3 is 9.64 Å². The molecule has 1 aromatic rings. The van der Waals surface area contributed by atoms with Crippen LogP contribution in [0.2, 0.25) is 0 Å². The van der Waals surface area contributed by atoms with Crippen LogP contribution < -0.4 is 4.74 Å². The number of nitrogens with zero attached hydrogens (tertiary/aromatic N) is 1. The average molecular weight is 274 g/mol. The van der Waals surface area contributed by atoms with E-state index in [1.807, 2.05) is 11.8 Å². The quantitative estimate of drug-likeness (QED) is 0.840. The first-order valence-corrected chi connectivity index (χ1v) is 6.62. The SMILES string of the molecule is COc1cccc2c1SCC(CN(C)C)C2.Cl. The van der Waals surface area contributed by atoms with Gasteiger partial charge in [0.15, 0.2) is 0 Å². The smallest absolute Gasteiger partial charge is 0.132 e. The van der Waals surface area contributed by atoms with Crippen LogP contribution in [0.3, 0.4) is 0 Å². The number of halogens is 1. The van der Waals surface area contributed by atoms with Gasteiger partial charge in [-0.1, -0.05) is 12.1 Å². The van der Waals surface area contributed by atoms with Crippen molar-refractivity contribution in [2.75, 3.05) is 33.5 Å². The number of thioether (sulfide) groups is 1. The Hall–Kier alpha value is -0.380. The summed E-state index contributed by atoms with van der Waals surface area (Å²) in [6, 6.07) is 6.38. The zero-order valence-electron chi connectivity index (χ0n) is 10.6. The molecule has 96 valence electrons. The summed E-state index contributed by atoms with van der Waals surface area (Å²) in [4.78, 5) is 3.62. The Kier molecular flexibility index (Phi) is 5.63. The van der Waals surface area contributed by atoms with Crippen molar-refractivity contribution in [3.05, 3.63) is 23.8 Å². The lowest BCUT2D eigenvalue weighted by molar-refractivity contribution is 0.337. The predicted octanol–water partition coefficient (Wildman–Crippen LogP) is 2.94. The van der Waals surface area contributed by atoms with Gasteiger partial charge in [-0.3, -0.25) is 0 Å². The zero-order valence-corrected chi connectivity index (χ0v) is 12.2. The van der Waals surface area contributed by atoms with Crippen LogP contribution in [0, 0.1) is 5.92 Å². The van der Waals surface area contributed by atoms with E-state index in [1.54, 1.807) is 7.11 Å². The minimum atomic E-state index is 0. The summed E-state index contributed by atoms with van der Waals surface area (Å²) in [5.41, 5.74) is 1.45. The normalized spacial score (nSPS) is 18.5. The molecule has 0 fully saturated rings. The lowest BCUT2D eigenvalue weighted by atomic mass is 9.99. The second kappa shape index (κ2) is 6.53. The monoisotopic (exact) mass is 273 g/mol. The van der Waals surface area contributed by atoms with Gasteiger partial charge in [-0.05, 0) is 38.1 Å². The summed E-state index contributed by atoms with van der Waals surface area (Å²) in [7, 11) is 6.04. The van der Waals surface area contributed by atoms with Crippen LogP contribution in [0.15, 0.2) is 23.1 Å². The van der Waals surface area contributed by atoms with Crippen molar-refractivity contribution < 1.29 is 4.74 Å². The summed E-state index contributed by atoms with van der Waals surface area (Å²) >= 11 is 1.94. The third-order valence-electron chi connectivity index (χ3n) is 2.88. The first kappa shape index (κ1) is 14.7.